The molecule has 0 fully saturated rings. The Bertz CT molecular complexity index is 851. The molecule has 0 bridgehead atoms. The van der Waals surface area contributed by atoms with Gasteiger partial charge in [-0.05, 0) is 55.2 Å². The van der Waals surface area contributed by atoms with Crippen LogP contribution in [0.3, 0.4) is 0 Å². The maximum absolute atomic E-state index is 14.4. The number of hydrogen-bond acceptors (Lipinski definition) is 3. The summed E-state index contributed by atoms with van der Waals surface area (Å²) >= 11 is 0. The van der Waals surface area contributed by atoms with Crippen LogP contribution in [0.4, 0.5) is 8.78 Å². The highest BCUT2D eigenvalue weighted by atomic mass is 19.1. The number of hydrogen-bond donors (Lipinski definition) is 0. The van der Waals surface area contributed by atoms with Crippen LogP contribution in [0.1, 0.15) is 100 Å². The van der Waals surface area contributed by atoms with Crippen molar-refractivity contribution in [3.05, 3.63) is 59.2 Å². The molecule has 0 aliphatic rings. The minimum atomic E-state index is -0.803. The van der Waals surface area contributed by atoms with Gasteiger partial charge in [-0.25, -0.2) is 13.6 Å². The Morgan fingerprint density at radius 2 is 1.33 bits per heavy atom. The Labute approximate surface area is 197 Å². The summed E-state index contributed by atoms with van der Waals surface area (Å²) in [5.41, 5.74) is 0.889. The third kappa shape index (κ3) is 9.93. The smallest absolute Gasteiger partial charge is 0.343 e. The van der Waals surface area contributed by atoms with Gasteiger partial charge in [-0.1, -0.05) is 77.7 Å². The molecule has 0 unspecified atom stereocenters. The van der Waals surface area contributed by atoms with Crippen LogP contribution in [0.5, 0.6) is 11.5 Å². The van der Waals surface area contributed by atoms with Gasteiger partial charge in [-0.2, -0.15) is 0 Å². The highest BCUT2D eigenvalue weighted by Gasteiger charge is 2.15. The second kappa shape index (κ2) is 15.4. The van der Waals surface area contributed by atoms with E-state index in [1.165, 1.54) is 62.8 Å². The Morgan fingerprint density at radius 1 is 0.727 bits per heavy atom. The van der Waals surface area contributed by atoms with Crippen molar-refractivity contribution in [2.24, 2.45) is 0 Å². The van der Waals surface area contributed by atoms with E-state index in [0.717, 1.165) is 50.2 Å². The van der Waals surface area contributed by atoms with Crippen molar-refractivity contribution in [2.45, 2.75) is 90.9 Å². The van der Waals surface area contributed by atoms with Gasteiger partial charge < -0.3 is 9.47 Å². The summed E-state index contributed by atoms with van der Waals surface area (Å²) in [6, 6.07) is 8.56. The number of benzene rings is 2. The van der Waals surface area contributed by atoms with E-state index >= 15 is 0 Å². The van der Waals surface area contributed by atoms with E-state index in [2.05, 4.69) is 13.8 Å². The topological polar surface area (TPSA) is 35.5 Å². The summed E-state index contributed by atoms with van der Waals surface area (Å²) in [6.45, 7) is 4.78. The molecule has 0 atom stereocenters. The first-order valence-corrected chi connectivity index (χ1v) is 12.5. The Morgan fingerprint density at radius 3 is 2.00 bits per heavy atom. The molecule has 3 nitrogen and oxygen atoms in total. The summed E-state index contributed by atoms with van der Waals surface area (Å²) < 4.78 is 39.4. The Balaban J connectivity index is 1.82. The lowest BCUT2D eigenvalue weighted by atomic mass is 10.1. The van der Waals surface area contributed by atoms with E-state index in [0.29, 0.717) is 6.61 Å². The lowest BCUT2D eigenvalue weighted by Gasteiger charge is -2.10. The lowest BCUT2D eigenvalue weighted by Crippen LogP contribution is -2.10. The maximum Gasteiger partial charge on any atom is 0.343 e. The second-order valence-electron chi connectivity index (χ2n) is 8.58. The van der Waals surface area contributed by atoms with Gasteiger partial charge in [0.2, 0.25) is 0 Å². The van der Waals surface area contributed by atoms with E-state index in [9.17, 15) is 13.6 Å². The van der Waals surface area contributed by atoms with Crippen molar-refractivity contribution >= 4 is 5.97 Å². The molecule has 0 amide bonds. The van der Waals surface area contributed by atoms with Crippen LogP contribution in [0.15, 0.2) is 36.4 Å². The van der Waals surface area contributed by atoms with Crippen molar-refractivity contribution in [1.82, 2.24) is 0 Å². The Kier molecular flexibility index (Phi) is 12.5. The molecule has 0 radical (unpaired) electrons. The molecular formula is C28H38F2O3. The molecule has 0 aromatic heterocycles. The number of aryl methyl sites for hydroxylation is 1. The maximum atomic E-state index is 14.4. The van der Waals surface area contributed by atoms with Crippen molar-refractivity contribution in [3.8, 4) is 11.5 Å². The van der Waals surface area contributed by atoms with Crippen molar-refractivity contribution in [2.75, 3.05) is 6.61 Å². The normalized spacial score (nSPS) is 10.9. The zero-order valence-electron chi connectivity index (χ0n) is 20.1. The van der Waals surface area contributed by atoms with Gasteiger partial charge in [-0.3, -0.25) is 0 Å². The molecule has 2 aromatic rings. The highest BCUT2D eigenvalue weighted by molar-refractivity contribution is 5.91. The van der Waals surface area contributed by atoms with Crippen molar-refractivity contribution in [1.29, 1.82) is 0 Å². The quantitative estimate of drug-likeness (QED) is 0.143. The van der Waals surface area contributed by atoms with Gasteiger partial charge in [0, 0.05) is 0 Å². The van der Waals surface area contributed by atoms with Gasteiger partial charge >= 0.3 is 5.97 Å². The molecule has 5 heteroatoms. The molecule has 0 aliphatic carbocycles. The van der Waals surface area contributed by atoms with Crippen molar-refractivity contribution < 1.29 is 23.0 Å². The summed E-state index contributed by atoms with van der Waals surface area (Å²) in [6.07, 6.45) is 13.2. The summed E-state index contributed by atoms with van der Waals surface area (Å²) in [7, 11) is 0. The van der Waals surface area contributed by atoms with Crippen LogP contribution in [0.25, 0.3) is 0 Å². The van der Waals surface area contributed by atoms with Gasteiger partial charge in [-0.15, -0.1) is 0 Å². The predicted octanol–water partition coefficient (Wildman–Crippen LogP) is 8.44. The molecule has 0 N–H and O–H groups in total. The molecular weight excluding hydrogens is 422 g/mol. The Hall–Kier alpha value is -2.43. The van der Waals surface area contributed by atoms with Crippen LogP contribution in [-0.4, -0.2) is 12.6 Å². The molecule has 0 saturated heterocycles. The molecule has 2 rings (SSSR count). The van der Waals surface area contributed by atoms with E-state index in [1.807, 2.05) is 0 Å². The first-order valence-electron chi connectivity index (χ1n) is 12.5. The number of esters is 1. The first-order chi connectivity index (χ1) is 16.0. The monoisotopic (exact) mass is 460 g/mol. The number of ether oxygens (including phenoxy) is 2. The fraction of sp³-hybridized carbons (Fsp3) is 0.536. The average Bonchev–Trinajstić information content (AvgIpc) is 2.80. The summed E-state index contributed by atoms with van der Waals surface area (Å²) in [5, 5.41) is 0. The molecule has 0 saturated carbocycles. The van der Waals surface area contributed by atoms with Crippen LogP contribution < -0.4 is 9.47 Å². The molecule has 0 aliphatic heterocycles. The fourth-order valence-electron chi connectivity index (χ4n) is 3.68. The van der Waals surface area contributed by atoms with Crippen molar-refractivity contribution in [3.63, 3.8) is 0 Å². The zero-order chi connectivity index (χ0) is 23.9. The number of unbranched alkanes of at least 4 members (excludes halogenated alkanes) is 9. The third-order valence-electron chi connectivity index (χ3n) is 5.69. The SMILES string of the molecule is CCCCCCCCOc1ccc(C(=O)Oc2ccc(CCCCCCC)cc2F)cc1F. The van der Waals surface area contributed by atoms with E-state index in [4.69, 9.17) is 9.47 Å². The summed E-state index contributed by atoms with van der Waals surface area (Å²) in [5.74, 6) is -2.07. The first kappa shape index (κ1) is 26.8. The minimum Gasteiger partial charge on any atom is -0.491 e. The number of carbonyl (C=O) groups excluding carboxylic acids is 1. The van der Waals surface area contributed by atoms with E-state index in [1.54, 1.807) is 6.07 Å². The standard InChI is InChI=1S/C28H38F2O3/c1-3-5-7-9-11-13-19-32-26-18-16-23(21-25(26)30)28(31)33-27-17-15-22(20-24(27)29)14-12-10-8-6-4-2/h15-18,20-21H,3-14,19H2,1-2H3. The zero-order valence-corrected chi connectivity index (χ0v) is 20.1. The average molecular weight is 461 g/mol. The number of rotatable bonds is 16. The molecule has 182 valence electrons. The van der Waals surface area contributed by atoms with Crippen LogP contribution in [-0.2, 0) is 6.42 Å². The molecule has 2 aromatic carbocycles. The van der Waals surface area contributed by atoms with E-state index in [-0.39, 0.29) is 17.1 Å². The molecule has 0 heterocycles. The number of carbonyl (C=O) groups is 1. The lowest BCUT2D eigenvalue weighted by molar-refractivity contribution is 0.0727. The summed E-state index contributed by atoms with van der Waals surface area (Å²) in [4.78, 5) is 12.4. The highest BCUT2D eigenvalue weighted by Crippen LogP contribution is 2.23. The van der Waals surface area contributed by atoms with Crippen LogP contribution >= 0.6 is 0 Å². The van der Waals surface area contributed by atoms with Gasteiger partial charge in [0.25, 0.3) is 0 Å². The molecule has 0 spiro atoms. The predicted molar refractivity (Wildman–Crippen MR) is 129 cm³/mol. The van der Waals surface area contributed by atoms with Crippen LogP contribution in [0, 0.1) is 11.6 Å². The van der Waals surface area contributed by atoms with Gasteiger partial charge in [0.05, 0.1) is 12.2 Å². The fourth-order valence-corrected chi connectivity index (χ4v) is 3.68. The number of halogens is 2. The largest absolute Gasteiger partial charge is 0.491 e. The van der Waals surface area contributed by atoms with E-state index < -0.39 is 17.6 Å². The van der Waals surface area contributed by atoms with Gasteiger partial charge in [0.15, 0.2) is 23.1 Å². The molecule has 33 heavy (non-hydrogen) atoms. The second-order valence-corrected chi connectivity index (χ2v) is 8.58. The van der Waals surface area contributed by atoms with Gasteiger partial charge in [0.1, 0.15) is 0 Å². The third-order valence-corrected chi connectivity index (χ3v) is 5.69. The van der Waals surface area contributed by atoms with Crippen LogP contribution in [0.2, 0.25) is 0 Å². The minimum absolute atomic E-state index is 0.0128.